The number of nitriles is 1. The van der Waals surface area contributed by atoms with Crippen LogP contribution in [0.2, 0.25) is 0 Å². The number of rotatable bonds is 5. The van der Waals surface area contributed by atoms with Crippen LogP contribution >= 0.6 is 11.8 Å². The molecule has 0 radical (unpaired) electrons. The van der Waals surface area contributed by atoms with E-state index >= 15 is 0 Å². The average Bonchev–Trinajstić information content (AvgIpc) is 2.82. The van der Waals surface area contributed by atoms with E-state index in [4.69, 9.17) is 0 Å². The molecule has 1 aliphatic carbocycles. The third-order valence-electron chi connectivity index (χ3n) is 3.62. The topological polar surface area (TPSA) is 53.6 Å². The van der Waals surface area contributed by atoms with Gasteiger partial charge in [0.15, 0.2) is 0 Å². The molecule has 0 bridgehead atoms. The minimum atomic E-state index is -0.311. The molecular weight excluding hydrogens is 256 g/mol. The molecule has 2 rings (SSSR count). The Labute approximate surface area is 119 Å². The lowest BCUT2D eigenvalue weighted by molar-refractivity contribution is 0.305. The highest BCUT2D eigenvalue weighted by molar-refractivity contribution is 8.00. The van der Waals surface area contributed by atoms with Crippen molar-refractivity contribution in [2.75, 3.05) is 6.54 Å². The SMILES string of the molecule is CCCNC1(C#N)CCCC(Sc2cnn(C)c2)C1. The molecule has 19 heavy (non-hydrogen) atoms. The average molecular weight is 278 g/mol. The van der Waals surface area contributed by atoms with Crippen LogP contribution < -0.4 is 5.32 Å². The molecule has 0 amide bonds. The van der Waals surface area contributed by atoms with Crippen LogP contribution in [-0.2, 0) is 7.05 Å². The van der Waals surface area contributed by atoms with Gasteiger partial charge in [0.05, 0.1) is 12.3 Å². The quantitative estimate of drug-likeness (QED) is 0.900. The summed E-state index contributed by atoms with van der Waals surface area (Å²) in [4.78, 5) is 1.21. The van der Waals surface area contributed by atoms with Crippen molar-refractivity contribution in [3.63, 3.8) is 0 Å². The highest BCUT2D eigenvalue weighted by Crippen LogP contribution is 2.37. The van der Waals surface area contributed by atoms with E-state index in [1.807, 2.05) is 35.9 Å². The van der Waals surface area contributed by atoms with Crippen molar-refractivity contribution in [3.05, 3.63) is 12.4 Å². The first-order valence-electron chi connectivity index (χ1n) is 6.99. The van der Waals surface area contributed by atoms with Crippen molar-refractivity contribution < 1.29 is 0 Å². The predicted molar refractivity (Wildman–Crippen MR) is 78.0 cm³/mol. The fourth-order valence-corrected chi connectivity index (χ4v) is 4.00. The van der Waals surface area contributed by atoms with Gasteiger partial charge >= 0.3 is 0 Å². The molecule has 1 heterocycles. The van der Waals surface area contributed by atoms with Gasteiger partial charge in [-0.15, -0.1) is 11.8 Å². The number of hydrogen-bond donors (Lipinski definition) is 1. The molecule has 0 aromatic carbocycles. The molecule has 0 aliphatic heterocycles. The fraction of sp³-hybridized carbons (Fsp3) is 0.714. The van der Waals surface area contributed by atoms with E-state index in [0.717, 1.165) is 32.2 Å². The van der Waals surface area contributed by atoms with Crippen LogP contribution in [0.3, 0.4) is 0 Å². The second kappa shape index (κ2) is 6.44. The minimum absolute atomic E-state index is 0.311. The van der Waals surface area contributed by atoms with Crippen LogP contribution in [0.15, 0.2) is 17.3 Å². The summed E-state index contributed by atoms with van der Waals surface area (Å²) in [7, 11) is 1.94. The molecule has 0 saturated heterocycles. The van der Waals surface area contributed by atoms with Gasteiger partial charge in [-0.2, -0.15) is 10.4 Å². The van der Waals surface area contributed by atoms with Crippen molar-refractivity contribution in [2.24, 2.45) is 7.05 Å². The predicted octanol–water partition coefficient (Wildman–Crippen LogP) is 2.72. The molecule has 4 nitrogen and oxygen atoms in total. The van der Waals surface area contributed by atoms with Crippen LogP contribution in [0, 0.1) is 11.3 Å². The van der Waals surface area contributed by atoms with Gasteiger partial charge in [-0.25, -0.2) is 0 Å². The third kappa shape index (κ3) is 3.74. The Morgan fingerprint density at radius 3 is 3.16 bits per heavy atom. The zero-order valence-electron chi connectivity index (χ0n) is 11.7. The molecule has 5 heteroatoms. The maximum Gasteiger partial charge on any atom is 0.107 e. The Bertz CT molecular complexity index is 451. The van der Waals surface area contributed by atoms with Gasteiger partial charge in [0.2, 0.25) is 0 Å². The molecule has 0 spiro atoms. The monoisotopic (exact) mass is 278 g/mol. The number of hydrogen-bond acceptors (Lipinski definition) is 4. The molecule has 1 aliphatic rings. The summed E-state index contributed by atoms with van der Waals surface area (Å²) in [6.45, 7) is 3.07. The molecule has 2 unspecified atom stereocenters. The van der Waals surface area contributed by atoms with Crippen molar-refractivity contribution in [1.29, 1.82) is 5.26 Å². The molecule has 104 valence electrons. The first kappa shape index (κ1) is 14.4. The second-order valence-electron chi connectivity index (χ2n) is 5.31. The normalized spacial score (nSPS) is 27.1. The molecular formula is C14H22N4S. The number of thioether (sulfide) groups is 1. The Morgan fingerprint density at radius 2 is 2.53 bits per heavy atom. The standard InChI is InChI=1S/C14H22N4S/c1-3-7-16-14(11-15)6-4-5-12(8-14)19-13-9-17-18(2)10-13/h9-10,12,16H,3-8H2,1-2H3. The van der Waals surface area contributed by atoms with Gasteiger partial charge < -0.3 is 0 Å². The van der Waals surface area contributed by atoms with E-state index < -0.39 is 0 Å². The smallest absolute Gasteiger partial charge is 0.107 e. The molecule has 1 saturated carbocycles. The summed E-state index contributed by atoms with van der Waals surface area (Å²) in [5, 5.41) is 17.7. The summed E-state index contributed by atoms with van der Waals surface area (Å²) >= 11 is 1.86. The van der Waals surface area contributed by atoms with Crippen LogP contribution in [0.4, 0.5) is 0 Å². The van der Waals surface area contributed by atoms with E-state index in [2.05, 4.69) is 23.4 Å². The molecule has 1 fully saturated rings. The lowest BCUT2D eigenvalue weighted by Gasteiger charge is -2.36. The molecule has 1 aromatic rings. The van der Waals surface area contributed by atoms with Crippen molar-refractivity contribution in [1.82, 2.24) is 15.1 Å². The minimum Gasteiger partial charge on any atom is -0.299 e. The highest BCUT2D eigenvalue weighted by Gasteiger charge is 2.36. The maximum absolute atomic E-state index is 9.52. The lowest BCUT2D eigenvalue weighted by atomic mass is 9.82. The summed E-state index contributed by atoms with van der Waals surface area (Å²) in [6, 6.07) is 2.53. The van der Waals surface area contributed by atoms with Gasteiger partial charge in [0.1, 0.15) is 5.54 Å². The first-order valence-corrected chi connectivity index (χ1v) is 7.87. The van der Waals surface area contributed by atoms with Crippen LogP contribution in [0.1, 0.15) is 39.0 Å². The second-order valence-corrected chi connectivity index (χ2v) is 6.68. The number of aromatic nitrogens is 2. The Morgan fingerprint density at radius 1 is 1.68 bits per heavy atom. The van der Waals surface area contributed by atoms with E-state index in [1.165, 1.54) is 11.3 Å². The Hall–Kier alpha value is -0.990. The summed E-state index contributed by atoms with van der Waals surface area (Å²) in [6.07, 6.45) is 9.26. The van der Waals surface area contributed by atoms with Gasteiger partial charge in [-0.3, -0.25) is 10.00 Å². The first-order chi connectivity index (χ1) is 9.17. The van der Waals surface area contributed by atoms with Crippen LogP contribution in [-0.4, -0.2) is 27.1 Å². The van der Waals surface area contributed by atoms with Crippen molar-refractivity contribution >= 4 is 11.8 Å². The van der Waals surface area contributed by atoms with Gasteiger partial charge in [-0.1, -0.05) is 6.92 Å². The largest absolute Gasteiger partial charge is 0.299 e. The zero-order valence-corrected chi connectivity index (χ0v) is 12.5. The summed E-state index contributed by atoms with van der Waals surface area (Å²) in [5.41, 5.74) is -0.311. The van der Waals surface area contributed by atoms with E-state index in [-0.39, 0.29) is 5.54 Å². The summed E-state index contributed by atoms with van der Waals surface area (Å²) < 4.78 is 1.83. The van der Waals surface area contributed by atoms with E-state index in [9.17, 15) is 5.26 Å². The maximum atomic E-state index is 9.52. The van der Waals surface area contributed by atoms with Gasteiger partial charge in [0.25, 0.3) is 0 Å². The van der Waals surface area contributed by atoms with Crippen LogP contribution in [0.25, 0.3) is 0 Å². The summed E-state index contributed by atoms with van der Waals surface area (Å²) in [5.74, 6) is 0. The van der Waals surface area contributed by atoms with Crippen molar-refractivity contribution in [3.8, 4) is 6.07 Å². The van der Waals surface area contributed by atoms with E-state index in [1.54, 1.807) is 0 Å². The van der Waals surface area contributed by atoms with Crippen LogP contribution in [0.5, 0.6) is 0 Å². The van der Waals surface area contributed by atoms with Gasteiger partial charge in [-0.05, 0) is 38.6 Å². The lowest BCUT2D eigenvalue weighted by Crippen LogP contribution is -2.48. The Kier molecular flexibility index (Phi) is 4.89. The molecule has 1 N–H and O–H groups in total. The molecule has 1 aromatic heterocycles. The number of aryl methyl sites for hydroxylation is 1. The molecule has 2 atom stereocenters. The van der Waals surface area contributed by atoms with Gasteiger partial charge in [0, 0.05) is 23.4 Å². The number of nitrogens with one attached hydrogen (secondary N) is 1. The number of nitrogens with zero attached hydrogens (tertiary/aromatic N) is 3. The van der Waals surface area contributed by atoms with E-state index in [0.29, 0.717) is 5.25 Å². The zero-order chi connectivity index (χ0) is 13.7. The third-order valence-corrected chi connectivity index (χ3v) is 4.84. The fourth-order valence-electron chi connectivity index (χ4n) is 2.64. The van der Waals surface area contributed by atoms with Crippen molar-refractivity contribution in [2.45, 2.75) is 54.7 Å². The highest BCUT2D eigenvalue weighted by atomic mass is 32.2. The Balaban J connectivity index is 1.97.